The number of nitrogens with zero attached hydrogens (tertiary/aromatic N) is 1. The monoisotopic (exact) mass is 483 g/mol. The van der Waals surface area contributed by atoms with Crippen LogP contribution in [0, 0.1) is 0 Å². The Morgan fingerprint density at radius 2 is 1.76 bits per heavy atom. The Bertz CT molecular complexity index is 1150. The highest BCUT2D eigenvalue weighted by atomic mass is 32.2. The van der Waals surface area contributed by atoms with Gasteiger partial charge in [0.2, 0.25) is 5.91 Å². The number of carboxylic acids is 1. The molecule has 1 atom stereocenters. The van der Waals surface area contributed by atoms with E-state index < -0.39 is 23.7 Å². The predicted octanol–water partition coefficient (Wildman–Crippen LogP) is 4.49. The van der Waals surface area contributed by atoms with Crippen LogP contribution >= 0.6 is 11.8 Å². The molecule has 180 valence electrons. The number of alkyl carbamates (subject to hydrolysis) is 1. The number of carbonyl (C=O) groups excluding carboxylic acids is 2. The summed E-state index contributed by atoms with van der Waals surface area (Å²) >= 11 is 1.38. The fraction of sp³-hybridized carbons (Fsp3) is 0.320. The van der Waals surface area contributed by atoms with E-state index >= 15 is 0 Å². The third-order valence-electron chi connectivity index (χ3n) is 4.77. The molecule has 34 heavy (non-hydrogen) atoms. The molecular weight excluding hydrogens is 454 g/mol. The zero-order valence-corrected chi connectivity index (χ0v) is 20.2. The minimum atomic E-state index is -1.12. The summed E-state index contributed by atoms with van der Waals surface area (Å²) in [4.78, 5) is 35.8. The van der Waals surface area contributed by atoms with Crippen LogP contribution < -0.4 is 10.6 Å². The van der Waals surface area contributed by atoms with E-state index in [9.17, 15) is 19.5 Å². The Balaban J connectivity index is 1.47. The van der Waals surface area contributed by atoms with Crippen LogP contribution in [0.5, 0.6) is 0 Å². The van der Waals surface area contributed by atoms with Gasteiger partial charge < -0.3 is 25.0 Å². The second-order valence-corrected chi connectivity index (χ2v) is 9.83. The zero-order chi connectivity index (χ0) is 24.7. The number of aliphatic carboxylic acids is 1. The first kappa shape index (κ1) is 25.2. The van der Waals surface area contributed by atoms with Crippen molar-refractivity contribution >= 4 is 46.3 Å². The van der Waals surface area contributed by atoms with Crippen molar-refractivity contribution in [2.75, 3.05) is 11.1 Å². The lowest BCUT2D eigenvalue weighted by Gasteiger charge is -2.21. The minimum absolute atomic E-state index is 0.124. The standard InChI is InChI=1S/C25H29N3O5S/c1-25(2,3)33-24(32)27-20(23(30)31)16-34-15-17-8-10-19(11-9-17)26-22(29)14-28-13-12-18-6-4-5-7-21(18)28/h4-13,20H,14-16H2,1-3H3,(H,26,29)(H,27,32)(H,30,31)/t20-/m0/s1. The molecule has 0 saturated carbocycles. The average molecular weight is 484 g/mol. The number of aromatic nitrogens is 1. The molecule has 1 heterocycles. The van der Waals surface area contributed by atoms with Crippen LogP contribution in [-0.4, -0.2) is 45.0 Å². The molecule has 0 spiro atoms. The Hall–Kier alpha value is -3.46. The van der Waals surface area contributed by atoms with Gasteiger partial charge >= 0.3 is 12.1 Å². The summed E-state index contributed by atoms with van der Waals surface area (Å²) in [6.45, 7) is 5.36. The van der Waals surface area contributed by atoms with Gasteiger partial charge in [0.25, 0.3) is 0 Å². The summed E-state index contributed by atoms with van der Waals surface area (Å²) in [5, 5.41) is 15.7. The smallest absolute Gasteiger partial charge is 0.408 e. The molecule has 3 N–H and O–H groups in total. The number of thioether (sulfide) groups is 1. The van der Waals surface area contributed by atoms with Gasteiger partial charge in [-0.25, -0.2) is 9.59 Å². The molecule has 3 rings (SSSR count). The molecule has 3 aromatic rings. The number of anilines is 1. The molecule has 0 aliphatic heterocycles. The molecule has 0 aliphatic rings. The molecule has 0 unspecified atom stereocenters. The molecule has 9 heteroatoms. The van der Waals surface area contributed by atoms with E-state index in [1.807, 2.05) is 65.4 Å². The van der Waals surface area contributed by atoms with Crippen molar-refractivity contribution in [3.63, 3.8) is 0 Å². The van der Waals surface area contributed by atoms with Crippen molar-refractivity contribution in [1.29, 1.82) is 0 Å². The van der Waals surface area contributed by atoms with Crippen molar-refractivity contribution in [2.45, 2.75) is 44.7 Å². The molecule has 0 saturated heterocycles. The van der Waals surface area contributed by atoms with Crippen molar-refractivity contribution < 1.29 is 24.2 Å². The van der Waals surface area contributed by atoms with Crippen LogP contribution in [0.25, 0.3) is 10.9 Å². The van der Waals surface area contributed by atoms with E-state index in [0.717, 1.165) is 16.5 Å². The normalized spacial score (nSPS) is 12.2. The van der Waals surface area contributed by atoms with Crippen molar-refractivity contribution in [3.05, 3.63) is 66.4 Å². The number of hydrogen-bond donors (Lipinski definition) is 3. The minimum Gasteiger partial charge on any atom is -0.480 e. The fourth-order valence-electron chi connectivity index (χ4n) is 3.24. The maximum absolute atomic E-state index is 12.5. The Labute approximate surface area is 202 Å². The van der Waals surface area contributed by atoms with Crippen molar-refractivity contribution in [2.24, 2.45) is 0 Å². The van der Waals surface area contributed by atoms with Crippen LogP contribution in [0.1, 0.15) is 26.3 Å². The second kappa shape index (κ2) is 11.1. The number of carboxylic acid groups (broad SMARTS) is 1. The molecule has 2 amide bonds. The zero-order valence-electron chi connectivity index (χ0n) is 19.4. The number of nitrogens with one attached hydrogen (secondary N) is 2. The first-order valence-electron chi connectivity index (χ1n) is 10.8. The van der Waals surface area contributed by atoms with E-state index in [0.29, 0.717) is 11.4 Å². The Morgan fingerprint density at radius 1 is 1.06 bits per heavy atom. The highest BCUT2D eigenvalue weighted by Crippen LogP contribution is 2.18. The second-order valence-electron chi connectivity index (χ2n) is 8.80. The number of benzene rings is 2. The van der Waals surface area contributed by atoms with Crippen LogP contribution in [0.3, 0.4) is 0 Å². The number of carbonyl (C=O) groups is 3. The molecule has 1 aromatic heterocycles. The van der Waals surface area contributed by atoms with Gasteiger partial charge in [-0.15, -0.1) is 0 Å². The summed E-state index contributed by atoms with van der Waals surface area (Å²) in [6.07, 6.45) is 1.14. The molecule has 8 nitrogen and oxygen atoms in total. The number of fused-ring (bicyclic) bond motifs is 1. The number of ether oxygens (including phenoxy) is 1. The van der Waals surface area contributed by atoms with Gasteiger partial charge in [-0.3, -0.25) is 4.79 Å². The first-order valence-corrected chi connectivity index (χ1v) is 12.0. The molecule has 0 bridgehead atoms. The van der Waals surface area contributed by atoms with Gasteiger partial charge in [-0.1, -0.05) is 30.3 Å². The topological polar surface area (TPSA) is 110 Å². The average Bonchev–Trinajstić information content (AvgIpc) is 3.15. The number of amides is 2. The molecule has 0 radical (unpaired) electrons. The number of hydrogen-bond acceptors (Lipinski definition) is 5. The van der Waals surface area contributed by atoms with Crippen LogP contribution in [0.2, 0.25) is 0 Å². The van der Waals surface area contributed by atoms with Crippen molar-refractivity contribution in [3.8, 4) is 0 Å². The highest BCUT2D eigenvalue weighted by Gasteiger charge is 2.23. The lowest BCUT2D eigenvalue weighted by Crippen LogP contribution is -2.44. The van der Waals surface area contributed by atoms with E-state index in [4.69, 9.17) is 4.74 Å². The quantitative estimate of drug-likeness (QED) is 0.414. The van der Waals surface area contributed by atoms with Gasteiger partial charge in [0.15, 0.2) is 0 Å². The lowest BCUT2D eigenvalue weighted by atomic mass is 10.2. The summed E-state index contributed by atoms with van der Waals surface area (Å²) in [7, 11) is 0. The summed E-state index contributed by atoms with van der Waals surface area (Å²) in [5.74, 6) is -0.491. The predicted molar refractivity (Wildman–Crippen MR) is 134 cm³/mol. The van der Waals surface area contributed by atoms with E-state index in [2.05, 4.69) is 10.6 Å². The number of rotatable bonds is 9. The van der Waals surface area contributed by atoms with E-state index in [1.54, 1.807) is 20.8 Å². The van der Waals surface area contributed by atoms with Gasteiger partial charge in [-0.2, -0.15) is 11.8 Å². The Kier molecular flexibility index (Phi) is 8.22. The SMILES string of the molecule is CC(C)(C)OC(=O)N[C@@H](CSCc1ccc(NC(=O)Cn2ccc3ccccc32)cc1)C(=O)O. The van der Waals surface area contributed by atoms with Gasteiger partial charge in [0, 0.05) is 28.9 Å². The van der Waals surface area contributed by atoms with Crippen molar-refractivity contribution in [1.82, 2.24) is 9.88 Å². The summed E-state index contributed by atoms with van der Waals surface area (Å²) in [6, 6.07) is 16.2. The molecule has 0 aliphatic carbocycles. The van der Waals surface area contributed by atoms with Gasteiger partial charge in [0.05, 0.1) is 0 Å². The largest absolute Gasteiger partial charge is 0.480 e. The van der Waals surface area contributed by atoms with Gasteiger partial charge in [0.1, 0.15) is 18.2 Å². The van der Waals surface area contributed by atoms with Crippen LogP contribution in [-0.2, 0) is 26.6 Å². The first-order chi connectivity index (χ1) is 16.1. The summed E-state index contributed by atoms with van der Waals surface area (Å²) < 4.78 is 7.03. The van der Waals surface area contributed by atoms with E-state index in [-0.39, 0.29) is 18.2 Å². The lowest BCUT2D eigenvalue weighted by molar-refractivity contribution is -0.138. The van der Waals surface area contributed by atoms with Crippen LogP contribution in [0.4, 0.5) is 10.5 Å². The highest BCUT2D eigenvalue weighted by molar-refractivity contribution is 7.98. The Morgan fingerprint density at radius 3 is 2.44 bits per heavy atom. The third-order valence-corrected chi connectivity index (χ3v) is 5.88. The third kappa shape index (κ3) is 7.55. The van der Waals surface area contributed by atoms with E-state index in [1.165, 1.54) is 11.8 Å². The molecular formula is C25H29N3O5S. The maximum Gasteiger partial charge on any atom is 0.408 e. The molecule has 2 aromatic carbocycles. The maximum atomic E-state index is 12.5. The van der Waals surface area contributed by atoms with Crippen LogP contribution in [0.15, 0.2) is 60.8 Å². The van der Waals surface area contributed by atoms with Gasteiger partial charge in [-0.05, 0) is 56.0 Å². The summed E-state index contributed by atoms with van der Waals surface area (Å²) in [5.41, 5.74) is 1.96. The number of para-hydroxylation sites is 1. The molecule has 0 fully saturated rings. The fourth-order valence-corrected chi connectivity index (χ4v) is 4.24.